The van der Waals surface area contributed by atoms with Crippen molar-refractivity contribution < 1.29 is 19.1 Å². The molecule has 0 aliphatic heterocycles. The van der Waals surface area contributed by atoms with Crippen LogP contribution in [0.25, 0.3) is 0 Å². The Morgan fingerprint density at radius 1 is 1.38 bits per heavy atom. The summed E-state index contributed by atoms with van der Waals surface area (Å²) in [5.41, 5.74) is 0.139. The van der Waals surface area contributed by atoms with Gasteiger partial charge in [-0.2, -0.15) is 0 Å². The SMILES string of the molecule is CCOc1ccc(C(=O)Cl)c(OC(C)=O)c1. The summed E-state index contributed by atoms with van der Waals surface area (Å²) >= 11 is 5.35. The van der Waals surface area contributed by atoms with E-state index in [1.807, 2.05) is 6.92 Å². The summed E-state index contributed by atoms with van der Waals surface area (Å²) in [6, 6.07) is 4.51. The molecule has 1 aromatic rings. The third-order valence-corrected chi connectivity index (χ3v) is 1.93. The molecule has 0 fully saturated rings. The van der Waals surface area contributed by atoms with E-state index >= 15 is 0 Å². The number of ether oxygens (including phenoxy) is 2. The molecule has 1 rings (SSSR count). The van der Waals surface area contributed by atoms with Crippen LogP contribution in [-0.4, -0.2) is 17.8 Å². The van der Waals surface area contributed by atoms with E-state index in [9.17, 15) is 9.59 Å². The summed E-state index contributed by atoms with van der Waals surface area (Å²) in [6.45, 7) is 3.55. The van der Waals surface area contributed by atoms with Crippen molar-refractivity contribution in [1.29, 1.82) is 0 Å². The fraction of sp³-hybridized carbons (Fsp3) is 0.273. The molecule has 0 heterocycles. The molecule has 0 radical (unpaired) electrons. The molecule has 0 atom stereocenters. The van der Waals surface area contributed by atoms with E-state index in [1.165, 1.54) is 19.1 Å². The van der Waals surface area contributed by atoms with E-state index in [4.69, 9.17) is 21.1 Å². The van der Waals surface area contributed by atoms with E-state index in [2.05, 4.69) is 0 Å². The molecular weight excluding hydrogens is 232 g/mol. The summed E-state index contributed by atoms with van der Waals surface area (Å²) in [5, 5.41) is -0.681. The minimum absolute atomic E-state index is 0.110. The van der Waals surface area contributed by atoms with Crippen LogP contribution in [0.2, 0.25) is 0 Å². The summed E-state index contributed by atoms with van der Waals surface area (Å²) in [6.07, 6.45) is 0. The molecule has 0 spiro atoms. The predicted molar refractivity (Wildman–Crippen MR) is 59.1 cm³/mol. The van der Waals surface area contributed by atoms with Crippen molar-refractivity contribution in [2.75, 3.05) is 6.61 Å². The van der Waals surface area contributed by atoms with Crippen molar-refractivity contribution in [3.05, 3.63) is 23.8 Å². The first-order chi connectivity index (χ1) is 7.54. The quantitative estimate of drug-likeness (QED) is 0.462. The lowest BCUT2D eigenvalue weighted by atomic mass is 10.2. The van der Waals surface area contributed by atoms with Gasteiger partial charge in [0, 0.05) is 13.0 Å². The van der Waals surface area contributed by atoms with E-state index in [-0.39, 0.29) is 11.3 Å². The average Bonchev–Trinajstić information content (AvgIpc) is 2.16. The summed E-state index contributed by atoms with van der Waals surface area (Å²) in [4.78, 5) is 21.9. The molecule has 0 aliphatic carbocycles. The Labute approximate surface area is 98.1 Å². The average molecular weight is 243 g/mol. The van der Waals surface area contributed by atoms with Gasteiger partial charge in [0.2, 0.25) is 0 Å². The highest BCUT2D eigenvalue weighted by atomic mass is 35.5. The van der Waals surface area contributed by atoms with Gasteiger partial charge in [-0.1, -0.05) is 0 Å². The molecular formula is C11H11ClO4. The van der Waals surface area contributed by atoms with Gasteiger partial charge in [0.05, 0.1) is 12.2 Å². The molecule has 5 heteroatoms. The lowest BCUT2D eigenvalue weighted by Crippen LogP contribution is -2.06. The second kappa shape index (κ2) is 5.51. The zero-order valence-electron chi connectivity index (χ0n) is 8.95. The van der Waals surface area contributed by atoms with Gasteiger partial charge in [-0.3, -0.25) is 9.59 Å². The first kappa shape index (κ1) is 12.5. The van der Waals surface area contributed by atoms with Gasteiger partial charge in [0.25, 0.3) is 5.24 Å². The van der Waals surface area contributed by atoms with Crippen LogP contribution in [0.3, 0.4) is 0 Å². The second-order valence-corrected chi connectivity index (χ2v) is 3.30. The third-order valence-electron chi connectivity index (χ3n) is 1.73. The van der Waals surface area contributed by atoms with Crippen molar-refractivity contribution in [3.63, 3.8) is 0 Å². The first-order valence-electron chi connectivity index (χ1n) is 4.69. The van der Waals surface area contributed by atoms with Crippen LogP contribution in [0.5, 0.6) is 11.5 Å². The smallest absolute Gasteiger partial charge is 0.308 e. The number of benzene rings is 1. The van der Waals surface area contributed by atoms with Gasteiger partial charge in [0.1, 0.15) is 11.5 Å². The second-order valence-electron chi connectivity index (χ2n) is 2.96. The highest BCUT2D eigenvalue weighted by molar-refractivity contribution is 6.68. The maximum atomic E-state index is 11.1. The molecule has 0 amide bonds. The molecule has 0 aliphatic rings. The lowest BCUT2D eigenvalue weighted by Gasteiger charge is -2.08. The molecule has 0 N–H and O–H groups in total. The summed E-state index contributed by atoms with van der Waals surface area (Å²) in [5.74, 6) is 0.103. The van der Waals surface area contributed by atoms with Gasteiger partial charge in [-0.25, -0.2) is 0 Å². The van der Waals surface area contributed by atoms with E-state index in [0.717, 1.165) is 0 Å². The molecule has 0 saturated carbocycles. The molecule has 4 nitrogen and oxygen atoms in total. The van der Waals surface area contributed by atoms with Crippen LogP contribution in [0.4, 0.5) is 0 Å². The van der Waals surface area contributed by atoms with Crippen LogP contribution in [-0.2, 0) is 4.79 Å². The van der Waals surface area contributed by atoms with Crippen LogP contribution < -0.4 is 9.47 Å². The number of hydrogen-bond donors (Lipinski definition) is 0. The molecule has 0 bridgehead atoms. The Morgan fingerprint density at radius 3 is 2.56 bits per heavy atom. The fourth-order valence-electron chi connectivity index (χ4n) is 1.16. The van der Waals surface area contributed by atoms with Crippen molar-refractivity contribution in [3.8, 4) is 11.5 Å². The monoisotopic (exact) mass is 242 g/mol. The van der Waals surface area contributed by atoms with E-state index in [0.29, 0.717) is 12.4 Å². The number of hydrogen-bond acceptors (Lipinski definition) is 4. The first-order valence-corrected chi connectivity index (χ1v) is 5.07. The highest BCUT2D eigenvalue weighted by Crippen LogP contribution is 2.26. The molecule has 0 saturated heterocycles. The highest BCUT2D eigenvalue weighted by Gasteiger charge is 2.13. The molecule has 86 valence electrons. The zero-order chi connectivity index (χ0) is 12.1. The van der Waals surface area contributed by atoms with Gasteiger partial charge in [-0.05, 0) is 30.7 Å². The van der Waals surface area contributed by atoms with Gasteiger partial charge >= 0.3 is 5.97 Å². The number of carbonyl (C=O) groups excluding carboxylic acids is 2. The lowest BCUT2D eigenvalue weighted by molar-refractivity contribution is -0.131. The Kier molecular flexibility index (Phi) is 4.31. The van der Waals surface area contributed by atoms with Gasteiger partial charge in [0.15, 0.2) is 0 Å². The van der Waals surface area contributed by atoms with Crippen molar-refractivity contribution >= 4 is 22.8 Å². The third kappa shape index (κ3) is 3.24. The molecule has 16 heavy (non-hydrogen) atoms. The van der Waals surface area contributed by atoms with Crippen molar-refractivity contribution in [1.82, 2.24) is 0 Å². The number of halogens is 1. The standard InChI is InChI=1S/C11H11ClO4/c1-3-15-8-4-5-9(11(12)14)10(6-8)16-7(2)13/h4-6H,3H2,1-2H3. The van der Waals surface area contributed by atoms with Gasteiger partial charge < -0.3 is 9.47 Å². The maximum absolute atomic E-state index is 11.1. The number of esters is 1. The number of carbonyl (C=O) groups is 2. The molecule has 0 aromatic heterocycles. The van der Waals surface area contributed by atoms with Gasteiger partial charge in [-0.15, -0.1) is 0 Å². The fourth-order valence-corrected chi connectivity index (χ4v) is 1.32. The Hall–Kier alpha value is -1.55. The normalized spacial score (nSPS) is 9.69. The molecule has 0 unspecified atom stereocenters. The zero-order valence-corrected chi connectivity index (χ0v) is 9.71. The van der Waals surface area contributed by atoms with Crippen LogP contribution >= 0.6 is 11.6 Å². The van der Waals surface area contributed by atoms with Crippen LogP contribution in [0, 0.1) is 0 Å². The largest absolute Gasteiger partial charge is 0.494 e. The van der Waals surface area contributed by atoms with Crippen molar-refractivity contribution in [2.45, 2.75) is 13.8 Å². The van der Waals surface area contributed by atoms with Crippen LogP contribution in [0.15, 0.2) is 18.2 Å². The maximum Gasteiger partial charge on any atom is 0.308 e. The Bertz CT molecular complexity index is 414. The van der Waals surface area contributed by atoms with Crippen molar-refractivity contribution in [2.24, 2.45) is 0 Å². The molecule has 1 aromatic carbocycles. The van der Waals surface area contributed by atoms with E-state index < -0.39 is 11.2 Å². The minimum atomic E-state index is -0.681. The Balaban J connectivity index is 3.10. The summed E-state index contributed by atoms with van der Waals surface area (Å²) in [7, 11) is 0. The summed E-state index contributed by atoms with van der Waals surface area (Å²) < 4.78 is 10.1. The Morgan fingerprint density at radius 2 is 2.06 bits per heavy atom. The topological polar surface area (TPSA) is 52.6 Å². The minimum Gasteiger partial charge on any atom is -0.494 e. The van der Waals surface area contributed by atoms with E-state index in [1.54, 1.807) is 6.07 Å². The van der Waals surface area contributed by atoms with Crippen LogP contribution in [0.1, 0.15) is 24.2 Å². The predicted octanol–water partition coefficient (Wildman–Crippen LogP) is 2.39. The number of rotatable bonds is 4.